The standard InChI is InChI=1S/C22H27N3O3S/c1-15-12-16(2)21-17(13-15)23-22(29-21)25(11-10-24(3)4)20(26)14-28-19-9-7-6-8-18(19)27-5/h6-9,12-13H,10-11,14H2,1-5H3. The van der Waals surface area contributed by atoms with Crippen LogP contribution in [0.3, 0.4) is 0 Å². The van der Waals surface area contributed by atoms with Crippen molar-refractivity contribution < 1.29 is 14.3 Å². The monoisotopic (exact) mass is 413 g/mol. The first kappa shape index (κ1) is 21.1. The fourth-order valence-electron chi connectivity index (χ4n) is 3.06. The number of thiazole rings is 1. The van der Waals surface area contributed by atoms with E-state index in [-0.39, 0.29) is 12.5 Å². The number of likely N-dealkylation sites (N-methyl/N-ethyl adjacent to an activating group) is 1. The lowest BCUT2D eigenvalue weighted by atomic mass is 10.1. The van der Waals surface area contributed by atoms with Gasteiger partial charge in [0.05, 0.1) is 17.3 Å². The maximum absolute atomic E-state index is 13.1. The highest BCUT2D eigenvalue weighted by Gasteiger charge is 2.21. The van der Waals surface area contributed by atoms with Crippen molar-refractivity contribution in [3.05, 3.63) is 47.5 Å². The van der Waals surface area contributed by atoms with Crippen molar-refractivity contribution in [1.29, 1.82) is 0 Å². The van der Waals surface area contributed by atoms with Gasteiger partial charge in [-0.05, 0) is 57.3 Å². The Bertz CT molecular complexity index is 1000. The molecule has 3 rings (SSSR count). The topological polar surface area (TPSA) is 54.9 Å². The largest absolute Gasteiger partial charge is 0.493 e. The van der Waals surface area contributed by atoms with Gasteiger partial charge >= 0.3 is 0 Å². The number of hydrogen-bond donors (Lipinski definition) is 0. The summed E-state index contributed by atoms with van der Waals surface area (Å²) in [6, 6.07) is 11.5. The highest BCUT2D eigenvalue weighted by Crippen LogP contribution is 2.32. The fraction of sp³-hybridized carbons (Fsp3) is 0.364. The van der Waals surface area contributed by atoms with E-state index >= 15 is 0 Å². The lowest BCUT2D eigenvalue weighted by Gasteiger charge is -2.22. The molecular weight excluding hydrogens is 386 g/mol. The molecule has 7 heteroatoms. The van der Waals surface area contributed by atoms with Gasteiger partial charge < -0.3 is 14.4 Å². The SMILES string of the molecule is COc1ccccc1OCC(=O)N(CCN(C)C)c1nc2cc(C)cc(C)c2s1. The van der Waals surface area contributed by atoms with Crippen LogP contribution in [-0.4, -0.2) is 56.7 Å². The molecule has 0 bridgehead atoms. The molecule has 29 heavy (non-hydrogen) atoms. The molecule has 0 aliphatic carbocycles. The van der Waals surface area contributed by atoms with Crippen LogP contribution < -0.4 is 14.4 Å². The predicted octanol–water partition coefficient (Wildman–Crippen LogP) is 3.90. The van der Waals surface area contributed by atoms with Gasteiger partial charge in [-0.25, -0.2) is 4.98 Å². The van der Waals surface area contributed by atoms with Crippen LogP contribution in [0, 0.1) is 13.8 Å². The number of methoxy groups -OCH3 is 1. The quantitative estimate of drug-likeness (QED) is 0.561. The maximum Gasteiger partial charge on any atom is 0.266 e. The minimum absolute atomic E-state index is 0.0816. The lowest BCUT2D eigenvalue weighted by molar-refractivity contribution is -0.120. The molecule has 0 N–H and O–H groups in total. The maximum atomic E-state index is 13.1. The Morgan fingerprint density at radius 2 is 1.83 bits per heavy atom. The predicted molar refractivity (Wildman–Crippen MR) is 118 cm³/mol. The number of carbonyl (C=O) groups is 1. The van der Waals surface area contributed by atoms with E-state index < -0.39 is 0 Å². The van der Waals surface area contributed by atoms with Crippen molar-refractivity contribution in [3.8, 4) is 11.5 Å². The number of aromatic nitrogens is 1. The van der Waals surface area contributed by atoms with E-state index in [4.69, 9.17) is 14.5 Å². The zero-order chi connectivity index (χ0) is 21.0. The van der Waals surface area contributed by atoms with Gasteiger partial charge in [-0.3, -0.25) is 9.69 Å². The van der Waals surface area contributed by atoms with E-state index in [1.807, 2.05) is 37.2 Å². The van der Waals surface area contributed by atoms with E-state index in [2.05, 4.69) is 26.0 Å². The summed E-state index contributed by atoms with van der Waals surface area (Å²) < 4.78 is 12.2. The van der Waals surface area contributed by atoms with Gasteiger partial charge in [-0.15, -0.1) is 0 Å². The van der Waals surface area contributed by atoms with Crippen LogP contribution in [0.25, 0.3) is 10.2 Å². The number of anilines is 1. The molecule has 0 radical (unpaired) electrons. The second-order valence-electron chi connectivity index (χ2n) is 7.21. The van der Waals surface area contributed by atoms with Crippen molar-refractivity contribution in [3.63, 3.8) is 0 Å². The first-order valence-electron chi connectivity index (χ1n) is 9.47. The number of fused-ring (bicyclic) bond motifs is 1. The number of amides is 1. The summed E-state index contributed by atoms with van der Waals surface area (Å²) in [5.74, 6) is 1.02. The summed E-state index contributed by atoms with van der Waals surface area (Å²) in [6.45, 7) is 5.32. The van der Waals surface area contributed by atoms with Crippen LogP contribution in [0.5, 0.6) is 11.5 Å². The summed E-state index contributed by atoms with van der Waals surface area (Å²) in [4.78, 5) is 21.6. The Morgan fingerprint density at radius 1 is 1.10 bits per heavy atom. The average molecular weight is 414 g/mol. The third-order valence-corrected chi connectivity index (χ3v) is 5.76. The molecule has 0 saturated carbocycles. The van der Waals surface area contributed by atoms with E-state index in [1.165, 1.54) is 5.56 Å². The zero-order valence-corrected chi connectivity index (χ0v) is 18.4. The molecular formula is C22H27N3O3S. The Hall–Kier alpha value is -2.64. The van der Waals surface area contributed by atoms with Crippen molar-refractivity contribution in [2.45, 2.75) is 13.8 Å². The van der Waals surface area contributed by atoms with Gasteiger partial charge in [0, 0.05) is 13.1 Å². The summed E-state index contributed by atoms with van der Waals surface area (Å²) in [5.41, 5.74) is 3.27. The van der Waals surface area contributed by atoms with Gasteiger partial charge in [0.15, 0.2) is 23.2 Å². The Morgan fingerprint density at radius 3 is 2.52 bits per heavy atom. The molecule has 3 aromatic rings. The summed E-state index contributed by atoms with van der Waals surface area (Å²) in [5, 5.41) is 0.698. The number of ether oxygens (including phenoxy) is 2. The molecule has 1 heterocycles. The van der Waals surface area contributed by atoms with Crippen molar-refractivity contribution >= 4 is 32.6 Å². The Balaban J connectivity index is 1.84. The fourth-order valence-corrected chi connectivity index (χ4v) is 4.12. The van der Waals surface area contributed by atoms with Crippen molar-refractivity contribution in [1.82, 2.24) is 9.88 Å². The van der Waals surface area contributed by atoms with Gasteiger partial charge in [0.25, 0.3) is 5.91 Å². The number of hydrogen-bond acceptors (Lipinski definition) is 6. The van der Waals surface area contributed by atoms with Crippen molar-refractivity contribution in [2.24, 2.45) is 0 Å². The molecule has 1 aromatic heterocycles. The van der Waals surface area contributed by atoms with Crippen LogP contribution >= 0.6 is 11.3 Å². The molecule has 0 saturated heterocycles. The number of aryl methyl sites for hydroxylation is 2. The van der Waals surface area contributed by atoms with Gasteiger partial charge in [0.2, 0.25) is 0 Å². The van der Waals surface area contributed by atoms with Gasteiger partial charge in [-0.1, -0.05) is 29.5 Å². The number of carbonyl (C=O) groups excluding carboxylic acids is 1. The molecule has 6 nitrogen and oxygen atoms in total. The molecule has 0 atom stereocenters. The third-order valence-electron chi connectivity index (χ3n) is 4.53. The molecule has 0 aliphatic rings. The van der Waals surface area contributed by atoms with Crippen LogP contribution in [-0.2, 0) is 4.79 Å². The smallest absolute Gasteiger partial charge is 0.266 e. The average Bonchev–Trinajstić information content (AvgIpc) is 3.10. The summed E-state index contributed by atoms with van der Waals surface area (Å²) in [7, 11) is 5.55. The molecule has 2 aromatic carbocycles. The van der Waals surface area contributed by atoms with E-state index in [0.717, 1.165) is 22.3 Å². The second kappa shape index (κ2) is 9.24. The van der Waals surface area contributed by atoms with E-state index in [9.17, 15) is 4.79 Å². The van der Waals surface area contributed by atoms with Crippen LogP contribution in [0.1, 0.15) is 11.1 Å². The number of para-hydroxylation sites is 2. The zero-order valence-electron chi connectivity index (χ0n) is 17.6. The molecule has 0 aliphatic heterocycles. The summed E-state index contributed by atoms with van der Waals surface area (Å²) >= 11 is 1.55. The number of nitrogens with zero attached hydrogens (tertiary/aromatic N) is 3. The van der Waals surface area contributed by atoms with Crippen LogP contribution in [0.2, 0.25) is 0 Å². The minimum atomic E-state index is -0.133. The van der Waals surface area contributed by atoms with Crippen molar-refractivity contribution in [2.75, 3.05) is 45.8 Å². The first-order chi connectivity index (χ1) is 13.9. The highest BCUT2D eigenvalue weighted by molar-refractivity contribution is 7.22. The molecule has 0 spiro atoms. The second-order valence-corrected chi connectivity index (χ2v) is 8.19. The number of rotatable bonds is 8. The first-order valence-corrected chi connectivity index (χ1v) is 10.3. The van der Waals surface area contributed by atoms with Crippen LogP contribution in [0.15, 0.2) is 36.4 Å². The van der Waals surface area contributed by atoms with Crippen LogP contribution in [0.4, 0.5) is 5.13 Å². The lowest BCUT2D eigenvalue weighted by Crippen LogP contribution is -2.39. The Labute approximate surface area is 175 Å². The van der Waals surface area contributed by atoms with E-state index in [0.29, 0.717) is 23.2 Å². The third kappa shape index (κ3) is 5.05. The molecule has 0 fully saturated rings. The molecule has 154 valence electrons. The minimum Gasteiger partial charge on any atom is -0.493 e. The normalized spacial score (nSPS) is 11.1. The van der Waals surface area contributed by atoms with Gasteiger partial charge in [-0.2, -0.15) is 0 Å². The highest BCUT2D eigenvalue weighted by atomic mass is 32.1. The number of benzene rings is 2. The van der Waals surface area contributed by atoms with E-state index in [1.54, 1.807) is 29.4 Å². The molecule has 1 amide bonds. The van der Waals surface area contributed by atoms with Gasteiger partial charge in [0.1, 0.15) is 0 Å². The summed E-state index contributed by atoms with van der Waals surface area (Å²) in [6.07, 6.45) is 0. The molecule has 0 unspecified atom stereocenters. The Kier molecular flexibility index (Phi) is 6.71.